The second-order valence-electron chi connectivity index (χ2n) is 6.07. The monoisotopic (exact) mass is 320 g/mol. The lowest BCUT2D eigenvalue weighted by Crippen LogP contribution is -2.38. The van der Waals surface area contributed by atoms with Gasteiger partial charge in [-0.3, -0.25) is 9.59 Å². The third kappa shape index (κ3) is 4.38. The van der Waals surface area contributed by atoms with Gasteiger partial charge in [-0.15, -0.1) is 5.10 Å². The number of rotatable bonds is 5. The molecule has 1 aliphatic rings. The van der Waals surface area contributed by atoms with Gasteiger partial charge in [-0.2, -0.15) is 0 Å². The number of hydrogen-bond donors (Lipinski definition) is 2. The minimum Gasteiger partial charge on any atom is -0.358 e. The molecule has 2 amide bonds. The van der Waals surface area contributed by atoms with Gasteiger partial charge in [0.1, 0.15) is 5.69 Å². The minimum atomic E-state index is -0.195. The molecule has 8 heteroatoms. The summed E-state index contributed by atoms with van der Waals surface area (Å²) in [4.78, 5) is 25.1. The van der Waals surface area contributed by atoms with Crippen molar-refractivity contribution in [1.82, 2.24) is 30.5 Å². The second kappa shape index (κ2) is 7.36. The zero-order chi connectivity index (χ0) is 17.0. The van der Waals surface area contributed by atoms with Gasteiger partial charge in [-0.05, 0) is 20.3 Å². The van der Waals surface area contributed by atoms with Crippen molar-refractivity contribution in [2.24, 2.45) is 0 Å². The van der Waals surface area contributed by atoms with Crippen molar-refractivity contribution in [3.05, 3.63) is 23.5 Å². The molecule has 8 nitrogen and oxygen atoms in total. The van der Waals surface area contributed by atoms with Gasteiger partial charge in [0.25, 0.3) is 0 Å². The normalized spacial score (nSPS) is 20.2. The van der Waals surface area contributed by atoms with Gasteiger partial charge in [-0.25, -0.2) is 4.68 Å². The SMILES string of the molecule is CNC(=O)[C@@H]1C[C@@H](n2cc(CN(C)C(=O)C=C(C)C)nn2)CN1. The van der Waals surface area contributed by atoms with E-state index in [4.69, 9.17) is 0 Å². The molecule has 2 rings (SSSR count). The van der Waals surface area contributed by atoms with Crippen LogP contribution in [-0.2, 0) is 16.1 Å². The molecule has 0 bridgehead atoms. The molecule has 0 aromatic carbocycles. The summed E-state index contributed by atoms with van der Waals surface area (Å²) in [5.74, 6) is -0.0679. The fourth-order valence-corrected chi connectivity index (χ4v) is 2.53. The molecule has 1 aromatic heterocycles. The summed E-state index contributed by atoms with van der Waals surface area (Å²) >= 11 is 0. The molecule has 0 radical (unpaired) electrons. The van der Waals surface area contributed by atoms with Gasteiger partial charge < -0.3 is 15.5 Å². The lowest BCUT2D eigenvalue weighted by Gasteiger charge is -2.13. The Morgan fingerprint density at radius 1 is 1.52 bits per heavy atom. The summed E-state index contributed by atoms with van der Waals surface area (Å²) in [7, 11) is 3.36. The van der Waals surface area contributed by atoms with E-state index in [1.54, 1.807) is 29.8 Å². The van der Waals surface area contributed by atoms with Crippen molar-refractivity contribution in [1.29, 1.82) is 0 Å². The highest BCUT2D eigenvalue weighted by atomic mass is 16.2. The van der Waals surface area contributed by atoms with E-state index in [1.807, 2.05) is 20.0 Å². The van der Waals surface area contributed by atoms with Gasteiger partial charge in [0.05, 0.1) is 24.8 Å². The Hall–Kier alpha value is -2.22. The molecule has 0 aliphatic carbocycles. The highest BCUT2D eigenvalue weighted by Crippen LogP contribution is 2.19. The van der Waals surface area contributed by atoms with Crippen LogP contribution >= 0.6 is 0 Å². The van der Waals surface area contributed by atoms with Crippen molar-refractivity contribution in [3.8, 4) is 0 Å². The Morgan fingerprint density at radius 3 is 2.91 bits per heavy atom. The van der Waals surface area contributed by atoms with Crippen molar-refractivity contribution in [3.63, 3.8) is 0 Å². The first-order valence-corrected chi connectivity index (χ1v) is 7.66. The predicted octanol–water partition coefficient (Wildman–Crippen LogP) is -0.148. The molecule has 2 atom stereocenters. The van der Waals surface area contributed by atoms with E-state index in [-0.39, 0.29) is 23.9 Å². The molecular formula is C15H24N6O2. The molecule has 2 heterocycles. The summed E-state index contributed by atoms with van der Waals surface area (Å²) in [5.41, 5.74) is 1.69. The molecule has 0 unspecified atom stereocenters. The van der Waals surface area contributed by atoms with E-state index in [0.717, 1.165) is 11.3 Å². The van der Waals surface area contributed by atoms with Crippen molar-refractivity contribution in [2.75, 3.05) is 20.6 Å². The molecule has 23 heavy (non-hydrogen) atoms. The molecule has 0 saturated carbocycles. The zero-order valence-corrected chi connectivity index (χ0v) is 14.0. The molecule has 1 aliphatic heterocycles. The number of aromatic nitrogens is 3. The minimum absolute atomic E-state index is 0.0140. The highest BCUT2D eigenvalue weighted by Gasteiger charge is 2.30. The van der Waals surface area contributed by atoms with Crippen LogP contribution in [0.25, 0.3) is 0 Å². The molecule has 126 valence electrons. The van der Waals surface area contributed by atoms with E-state index >= 15 is 0 Å². The molecule has 1 saturated heterocycles. The van der Waals surface area contributed by atoms with E-state index in [1.165, 1.54) is 0 Å². The van der Waals surface area contributed by atoms with E-state index < -0.39 is 0 Å². The predicted molar refractivity (Wildman–Crippen MR) is 85.4 cm³/mol. The van der Waals surface area contributed by atoms with E-state index in [9.17, 15) is 9.59 Å². The number of carbonyl (C=O) groups excluding carboxylic acids is 2. The first-order valence-electron chi connectivity index (χ1n) is 7.66. The summed E-state index contributed by atoms with van der Waals surface area (Å²) in [6.07, 6.45) is 4.11. The van der Waals surface area contributed by atoms with Gasteiger partial charge in [0, 0.05) is 26.7 Å². The second-order valence-corrected chi connectivity index (χ2v) is 6.07. The Labute approximate surface area is 135 Å². The Bertz CT molecular complexity index is 605. The lowest BCUT2D eigenvalue weighted by atomic mass is 10.1. The summed E-state index contributed by atoms with van der Waals surface area (Å²) < 4.78 is 1.77. The maximum absolute atomic E-state index is 11.9. The Balaban J connectivity index is 1.95. The number of allylic oxidation sites excluding steroid dienone is 1. The van der Waals surface area contributed by atoms with Gasteiger partial charge in [0.2, 0.25) is 11.8 Å². The number of nitrogens with zero attached hydrogens (tertiary/aromatic N) is 4. The molecule has 2 N–H and O–H groups in total. The standard InChI is InChI=1S/C15H24N6O2/c1-10(2)5-14(22)20(4)8-11-9-21(19-18-11)12-6-13(17-7-12)15(23)16-3/h5,9,12-13,17H,6-8H2,1-4H3,(H,16,23)/t12-,13+/m1/s1. The van der Waals surface area contributed by atoms with Crippen LogP contribution in [0.5, 0.6) is 0 Å². The summed E-state index contributed by atoms with van der Waals surface area (Å²) in [6, 6.07) is -0.100. The van der Waals surface area contributed by atoms with Crippen molar-refractivity contribution < 1.29 is 9.59 Å². The van der Waals surface area contributed by atoms with Gasteiger partial charge >= 0.3 is 0 Å². The fourth-order valence-electron chi connectivity index (χ4n) is 2.53. The smallest absolute Gasteiger partial charge is 0.246 e. The number of carbonyl (C=O) groups is 2. The van der Waals surface area contributed by atoms with Crippen LogP contribution in [0.2, 0.25) is 0 Å². The largest absolute Gasteiger partial charge is 0.358 e. The maximum Gasteiger partial charge on any atom is 0.246 e. The Morgan fingerprint density at radius 2 is 2.26 bits per heavy atom. The third-order valence-electron chi connectivity index (χ3n) is 3.79. The molecule has 1 fully saturated rings. The van der Waals surface area contributed by atoms with E-state index in [0.29, 0.717) is 19.5 Å². The van der Waals surface area contributed by atoms with Crippen LogP contribution in [0.1, 0.15) is 32.0 Å². The number of nitrogens with one attached hydrogen (secondary N) is 2. The lowest BCUT2D eigenvalue weighted by molar-refractivity contribution is -0.125. The quantitative estimate of drug-likeness (QED) is 0.736. The van der Waals surface area contributed by atoms with Gasteiger partial charge in [0.15, 0.2) is 0 Å². The number of hydrogen-bond acceptors (Lipinski definition) is 5. The van der Waals surface area contributed by atoms with Crippen LogP contribution < -0.4 is 10.6 Å². The average molecular weight is 320 g/mol. The van der Waals surface area contributed by atoms with Crippen LogP contribution in [0.15, 0.2) is 17.8 Å². The highest BCUT2D eigenvalue weighted by molar-refractivity contribution is 5.87. The molecule has 0 spiro atoms. The topological polar surface area (TPSA) is 92.2 Å². The third-order valence-corrected chi connectivity index (χ3v) is 3.79. The van der Waals surface area contributed by atoms with Gasteiger partial charge in [-0.1, -0.05) is 10.8 Å². The Kier molecular flexibility index (Phi) is 5.49. The molecular weight excluding hydrogens is 296 g/mol. The van der Waals surface area contributed by atoms with Crippen molar-refractivity contribution >= 4 is 11.8 Å². The van der Waals surface area contributed by atoms with E-state index in [2.05, 4.69) is 20.9 Å². The molecule has 1 aromatic rings. The summed E-state index contributed by atoms with van der Waals surface area (Å²) in [6.45, 7) is 4.85. The first kappa shape index (κ1) is 17.1. The summed E-state index contributed by atoms with van der Waals surface area (Å²) in [5, 5.41) is 14.1. The maximum atomic E-state index is 11.9. The van der Waals surface area contributed by atoms with Crippen LogP contribution in [-0.4, -0.2) is 58.4 Å². The first-order chi connectivity index (χ1) is 10.9. The number of amides is 2. The van der Waals surface area contributed by atoms with Crippen LogP contribution in [0.3, 0.4) is 0 Å². The van der Waals surface area contributed by atoms with Crippen molar-refractivity contribution in [2.45, 2.75) is 38.9 Å². The zero-order valence-electron chi connectivity index (χ0n) is 14.0. The van der Waals surface area contributed by atoms with Crippen LogP contribution in [0, 0.1) is 0 Å². The number of likely N-dealkylation sites (N-methyl/N-ethyl adjacent to an activating group) is 2. The average Bonchev–Trinajstić information content (AvgIpc) is 3.14. The van der Waals surface area contributed by atoms with Crippen LogP contribution in [0.4, 0.5) is 0 Å². The fraction of sp³-hybridized carbons (Fsp3) is 0.600.